The summed E-state index contributed by atoms with van der Waals surface area (Å²) in [5.41, 5.74) is 5.87. The lowest BCUT2D eigenvalue weighted by molar-refractivity contribution is -0.124. The van der Waals surface area contributed by atoms with Crippen molar-refractivity contribution in [3.05, 3.63) is 11.8 Å². The maximum absolute atomic E-state index is 11.9. The minimum atomic E-state index is -0.444. The third-order valence-corrected chi connectivity index (χ3v) is 2.79. The van der Waals surface area contributed by atoms with E-state index in [2.05, 4.69) is 15.6 Å². The molecule has 1 fully saturated rings. The van der Waals surface area contributed by atoms with E-state index in [0.29, 0.717) is 24.4 Å². The third-order valence-electron chi connectivity index (χ3n) is 2.79. The number of hydrogen-bond acceptors (Lipinski definition) is 5. The maximum atomic E-state index is 11.9. The SMILES string of the molecule is Cn1ncc(/C(N)=N\O)c1NC(=O)C1CCCO1. The molecule has 1 aromatic rings. The summed E-state index contributed by atoms with van der Waals surface area (Å²) in [6.45, 7) is 0.594. The van der Waals surface area contributed by atoms with Gasteiger partial charge in [-0.2, -0.15) is 5.10 Å². The first kappa shape index (κ1) is 12.4. The molecule has 0 spiro atoms. The van der Waals surface area contributed by atoms with Gasteiger partial charge in [0.2, 0.25) is 0 Å². The number of carbonyl (C=O) groups excluding carboxylic acids is 1. The van der Waals surface area contributed by atoms with Crippen molar-refractivity contribution in [2.45, 2.75) is 18.9 Å². The molecular weight excluding hydrogens is 238 g/mol. The third kappa shape index (κ3) is 2.28. The van der Waals surface area contributed by atoms with Crippen LogP contribution in [0.2, 0.25) is 0 Å². The topological polar surface area (TPSA) is 115 Å². The van der Waals surface area contributed by atoms with Gasteiger partial charge in [0.05, 0.1) is 11.8 Å². The Hall–Kier alpha value is -2.09. The Kier molecular flexibility index (Phi) is 3.47. The van der Waals surface area contributed by atoms with E-state index in [1.807, 2.05) is 0 Å². The molecule has 2 rings (SSSR count). The first-order valence-corrected chi connectivity index (χ1v) is 5.56. The van der Waals surface area contributed by atoms with E-state index in [1.165, 1.54) is 10.9 Å². The number of anilines is 1. The van der Waals surface area contributed by atoms with Crippen LogP contribution in [-0.4, -0.2) is 39.4 Å². The molecule has 1 amide bonds. The highest BCUT2D eigenvalue weighted by molar-refractivity contribution is 6.05. The molecule has 0 aliphatic carbocycles. The second kappa shape index (κ2) is 5.05. The normalized spacial score (nSPS) is 20.1. The van der Waals surface area contributed by atoms with Crippen molar-refractivity contribution < 1.29 is 14.7 Å². The van der Waals surface area contributed by atoms with Crippen molar-refractivity contribution in [1.82, 2.24) is 9.78 Å². The van der Waals surface area contributed by atoms with Crippen LogP contribution >= 0.6 is 0 Å². The molecule has 1 aliphatic rings. The largest absolute Gasteiger partial charge is 0.409 e. The molecule has 8 heteroatoms. The number of aryl methyl sites for hydroxylation is 1. The molecule has 1 unspecified atom stereocenters. The molecule has 1 aromatic heterocycles. The van der Waals surface area contributed by atoms with Gasteiger partial charge in [-0.15, -0.1) is 0 Å². The van der Waals surface area contributed by atoms with Gasteiger partial charge in [-0.05, 0) is 12.8 Å². The number of rotatable bonds is 3. The van der Waals surface area contributed by atoms with E-state index in [4.69, 9.17) is 15.7 Å². The number of nitrogens with one attached hydrogen (secondary N) is 1. The van der Waals surface area contributed by atoms with Crippen molar-refractivity contribution in [2.75, 3.05) is 11.9 Å². The standard InChI is InChI=1S/C10H15N5O3/c1-15-9(6(5-12-15)8(11)14-17)13-10(16)7-3-2-4-18-7/h5,7,17H,2-4H2,1H3,(H2,11,14)(H,13,16). The number of nitrogens with two attached hydrogens (primary N) is 1. The summed E-state index contributed by atoms with van der Waals surface area (Å²) in [6, 6.07) is 0. The fourth-order valence-electron chi connectivity index (χ4n) is 1.81. The van der Waals surface area contributed by atoms with Gasteiger partial charge < -0.3 is 21.0 Å². The number of oxime groups is 1. The smallest absolute Gasteiger partial charge is 0.254 e. The van der Waals surface area contributed by atoms with Gasteiger partial charge in [-0.1, -0.05) is 5.16 Å². The molecular formula is C10H15N5O3. The Morgan fingerprint density at radius 2 is 2.56 bits per heavy atom. The lowest BCUT2D eigenvalue weighted by Gasteiger charge is -2.11. The Bertz CT molecular complexity index is 476. The molecule has 1 aliphatic heterocycles. The van der Waals surface area contributed by atoms with Crippen LogP contribution in [0.3, 0.4) is 0 Å². The predicted molar refractivity (Wildman–Crippen MR) is 63.3 cm³/mol. The van der Waals surface area contributed by atoms with Crippen LogP contribution in [-0.2, 0) is 16.6 Å². The minimum absolute atomic E-state index is 0.106. The van der Waals surface area contributed by atoms with Gasteiger partial charge in [0, 0.05) is 13.7 Å². The highest BCUT2D eigenvalue weighted by Crippen LogP contribution is 2.17. The second-order valence-corrected chi connectivity index (χ2v) is 4.01. The summed E-state index contributed by atoms with van der Waals surface area (Å²) < 4.78 is 6.72. The zero-order chi connectivity index (χ0) is 13.1. The van der Waals surface area contributed by atoms with Gasteiger partial charge in [0.25, 0.3) is 5.91 Å². The van der Waals surface area contributed by atoms with E-state index < -0.39 is 6.10 Å². The Labute approximate surface area is 103 Å². The van der Waals surface area contributed by atoms with Crippen molar-refractivity contribution in [3.8, 4) is 0 Å². The number of amides is 1. The Morgan fingerprint density at radius 1 is 1.78 bits per heavy atom. The highest BCUT2D eigenvalue weighted by atomic mass is 16.5. The van der Waals surface area contributed by atoms with Crippen LogP contribution in [0.4, 0.5) is 5.82 Å². The number of nitrogens with zero attached hydrogens (tertiary/aromatic N) is 3. The molecule has 2 heterocycles. The number of aromatic nitrogens is 2. The molecule has 0 bridgehead atoms. The van der Waals surface area contributed by atoms with Gasteiger partial charge >= 0.3 is 0 Å². The number of amidine groups is 1. The van der Waals surface area contributed by atoms with E-state index in [1.54, 1.807) is 7.05 Å². The number of carbonyl (C=O) groups is 1. The maximum Gasteiger partial charge on any atom is 0.254 e. The predicted octanol–water partition coefficient (Wildman–Crippen LogP) is -0.368. The summed E-state index contributed by atoms with van der Waals surface area (Å²) >= 11 is 0. The Balaban J connectivity index is 2.17. The van der Waals surface area contributed by atoms with E-state index in [9.17, 15) is 4.79 Å². The summed E-state index contributed by atoms with van der Waals surface area (Å²) in [6.07, 6.45) is 2.54. The molecule has 18 heavy (non-hydrogen) atoms. The number of ether oxygens (including phenoxy) is 1. The van der Waals surface area contributed by atoms with Crippen molar-refractivity contribution in [2.24, 2.45) is 17.9 Å². The van der Waals surface area contributed by atoms with E-state index in [-0.39, 0.29) is 11.7 Å². The highest BCUT2D eigenvalue weighted by Gasteiger charge is 2.25. The summed E-state index contributed by atoms with van der Waals surface area (Å²) in [4.78, 5) is 11.9. The van der Waals surface area contributed by atoms with Crippen LogP contribution in [0.15, 0.2) is 11.4 Å². The zero-order valence-electron chi connectivity index (χ0n) is 9.96. The first-order valence-electron chi connectivity index (χ1n) is 5.56. The molecule has 1 atom stereocenters. The van der Waals surface area contributed by atoms with E-state index in [0.717, 1.165) is 6.42 Å². The molecule has 0 saturated carbocycles. The molecule has 1 saturated heterocycles. The molecule has 8 nitrogen and oxygen atoms in total. The average Bonchev–Trinajstić information content (AvgIpc) is 2.99. The van der Waals surface area contributed by atoms with Crippen LogP contribution in [0, 0.1) is 0 Å². The molecule has 98 valence electrons. The number of hydrogen-bond donors (Lipinski definition) is 3. The molecule has 0 radical (unpaired) electrons. The van der Waals surface area contributed by atoms with Crippen LogP contribution < -0.4 is 11.1 Å². The summed E-state index contributed by atoms with van der Waals surface area (Å²) in [5.74, 6) is 0.0274. The Morgan fingerprint density at radius 3 is 3.17 bits per heavy atom. The zero-order valence-corrected chi connectivity index (χ0v) is 9.96. The average molecular weight is 253 g/mol. The van der Waals surface area contributed by atoms with Crippen molar-refractivity contribution in [1.29, 1.82) is 0 Å². The van der Waals surface area contributed by atoms with Crippen molar-refractivity contribution >= 4 is 17.6 Å². The van der Waals surface area contributed by atoms with Crippen LogP contribution in [0.5, 0.6) is 0 Å². The van der Waals surface area contributed by atoms with Gasteiger partial charge in [0.15, 0.2) is 5.84 Å². The first-order chi connectivity index (χ1) is 8.63. The van der Waals surface area contributed by atoms with Gasteiger partial charge in [0.1, 0.15) is 11.9 Å². The fraction of sp³-hybridized carbons (Fsp3) is 0.500. The summed E-state index contributed by atoms with van der Waals surface area (Å²) in [7, 11) is 1.65. The molecule has 0 aromatic carbocycles. The van der Waals surface area contributed by atoms with Gasteiger partial charge in [-0.25, -0.2) is 0 Å². The van der Waals surface area contributed by atoms with Crippen LogP contribution in [0.1, 0.15) is 18.4 Å². The fourth-order valence-corrected chi connectivity index (χ4v) is 1.81. The lowest BCUT2D eigenvalue weighted by atomic mass is 10.2. The van der Waals surface area contributed by atoms with Crippen molar-refractivity contribution in [3.63, 3.8) is 0 Å². The minimum Gasteiger partial charge on any atom is -0.409 e. The summed E-state index contributed by atoms with van der Waals surface area (Å²) in [5, 5.41) is 18.2. The monoisotopic (exact) mass is 253 g/mol. The van der Waals surface area contributed by atoms with Gasteiger partial charge in [-0.3, -0.25) is 9.48 Å². The quantitative estimate of drug-likeness (QED) is 0.294. The van der Waals surface area contributed by atoms with Crippen LogP contribution in [0.25, 0.3) is 0 Å². The second-order valence-electron chi connectivity index (χ2n) is 4.01. The molecule has 4 N–H and O–H groups in total. The van der Waals surface area contributed by atoms with E-state index >= 15 is 0 Å². The lowest BCUT2D eigenvalue weighted by Crippen LogP contribution is -2.29.